The molecule has 14 heavy (non-hydrogen) atoms. The molecule has 0 radical (unpaired) electrons. The van der Waals surface area contributed by atoms with Gasteiger partial charge in [0.2, 0.25) is 0 Å². The summed E-state index contributed by atoms with van der Waals surface area (Å²) in [5.74, 6) is 0. The van der Waals surface area contributed by atoms with E-state index < -0.39 is 0 Å². The Morgan fingerprint density at radius 3 is 2.57 bits per heavy atom. The van der Waals surface area contributed by atoms with Gasteiger partial charge in [-0.05, 0) is 43.9 Å². The Balaban J connectivity index is 2.47. The minimum atomic E-state index is -0.240. The van der Waals surface area contributed by atoms with Gasteiger partial charge in [-0.3, -0.25) is 0 Å². The summed E-state index contributed by atoms with van der Waals surface area (Å²) in [6, 6.07) is 6.24. The number of aliphatic hydroxyl groups is 1. The van der Waals surface area contributed by atoms with Crippen LogP contribution in [-0.4, -0.2) is 11.2 Å². The molecule has 1 nitrogen and oxygen atoms in total. The van der Waals surface area contributed by atoms with E-state index in [0.717, 1.165) is 17.3 Å². The lowest BCUT2D eigenvalue weighted by atomic mass is 9.88. The molecule has 76 valence electrons. The lowest BCUT2D eigenvalue weighted by molar-refractivity contribution is 0.150. The molecule has 1 aliphatic carbocycles. The van der Waals surface area contributed by atoms with Gasteiger partial charge in [0.1, 0.15) is 0 Å². The maximum atomic E-state index is 9.80. The van der Waals surface area contributed by atoms with E-state index in [-0.39, 0.29) is 11.5 Å². The highest BCUT2D eigenvalue weighted by atomic mass is 79.9. The first kappa shape index (κ1) is 10.2. The summed E-state index contributed by atoms with van der Waals surface area (Å²) in [4.78, 5) is 0. The van der Waals surface area contributed by atoms with Gasteiger partial charge in [-0.25, -0.2) is 0 Å². The molecule has 0 bridgehead atoms. The van der Waals surface area contributed by atoms with Gasteiger partial charge in [0.25, 0.3) is 0 Å². The van der Waals surface area contributed by atoms with Gasteiger partial charge in [-0.1, -0.05) is 28.1 Å². The van der Waals surface area contributed by atoms with E-state index in [9.17, 15) is 5.11 Å². The number of aliphatic hydroxyl groups excluding tert-OH is 1. The van der Waals surface area contributed by atoms with E-state index in [0.29, 0.717) is 0 Å². The number of hydrogen-bond donors (Lipinski definition) is 1. The Bertz CT molecular complexity index is 353. The van der Waals surface area contributed by atoms with Crippen molar-refractivity contribution in [1.29, 1.82) is 0 Å². The second-order valence-corrected chi connectivity index (χ2v) is 5.10. The van der Waals surface area contributed by atoms with E-state index in [1.54, 1.807) is 0 Å². The van der Waals surface area contributed by atoms with Crippen LogP contribution in [0.4, 0.5) is 0 Å². The Hall–Kier alpha value is -0.340. The third-order valence-corrected chi connectivity index (χ3v) is 4.25. The van der Waals surface area contributed by atoms with E-state index in [1.807, 2.05) is 6.92 Å². The second-order valence-electron chi connectivity index (χ2n) is 4.24. The molecule has 0 spiro atoms. The molecule has 1 unspecified atom stereocenters. The van der Waals surface area contributed by atoms with Crippen molar-refractivity contribution < 1.29 is 5.11 Å². The fraction of sp³-hybridized carbons (Fsp3) is 0.500. The lowest BCUT2D eigenvalue weighted by Crippen LogP contribution is -2.23. The van der Waals surface area contributed by atoms with Crippen molar-refractivity contribution in [3.8, 4) is 0 Å². The van der Waals surface area contributed by atoms with Crippen molar-refractivity contribution in [1.82, 2.24) is 0 Å². The first-order valence-corrected chi connectivity index (χ1v) is 5.81. The highest BCUT2D eigenvalue weighted by Crippen LogP contribution is 2.52. The molecule has 1 aromatic carbocycles. The third kappa shape index (κ3) is 1.41. The molecule has 1 fully saturated rings. The summed E-state index contributed by atoms with van der Waals surface area (Å²) >= 11 is 3.53. The van der Waals surface area contributed by atoms with Gasteiger partial charge < -0.3 is 5.11 Å². The molecule has 1 aliphatic rings. The van der Waals surface area contributed by atoms with Crippen LogP contribution in [-0.2, 0) is 5.41 Å². The average molecular weight is 255 g/mol. The fourth-order valence-electron chi connectivity index (χ4n) is 2.19. The van der Waals surface area contributed by atoms with Gasteiger partial charge in [0.05, 0.1) is 6.10 Å². The van der Waals surface area contributed by atoms with Crippen molar-refractivity contribution in [3.05, 3.63) is 33.8 Å². The summed E-state index contributed by atoms with van der Waals surface area (Å²) in [7, 11) is 0. The first-order valence-electron chi connectivity index (χ1n) is 5.01. The normalized spacial score (nSPS) is 20.6. The van der Waals surface area contributed by atoms with Crippen LogP contribution in [0, 0.1) is 6.92 Å². The van der Waals surface area contributed by atoms with Crippen molar-refractivity contribution in [3.63, 3.8) is 0 Å². The number of benzene rings is 1. The number of halogens is 1. The molecule has 1 saturated carbocycles. The van der Waals surface area contributed by atoms with Crippen LogP contribution >= 0.6 is 15.9 Å². The molecule has 0 saturated heterocycles. The summed E-state index contributed by atoms with van der Waals surface area (Å²) in [5, 5.41) is 9.80. The highest BCUT2D eigenvalue weighted by molar-refractivity contribution is 9.10. The SMILES string of the molecule is Cc1c(Br)cccc1C1(C(C)O)CC1. The largest absolute Gasteiger partial charge is 0.392 e. The monoisotopic (exact) mass is 254 g/mol. The van der Waals surface area contributed by atoms with Gasteiger partial charge >= 0.3 is 0 Å². The molecule has 1 aromatic rings. The molecule has 2 rings (SSSR count). The molecule has 2 heteroatoms. The second kappa shape index (κ2) is 3.35. The van der Waals surface area contributed by atoms with Crippen molar-refractivity contribution in [2.24, 2.45) is 0 Å². The van der Waals surface area contributed by atoms with Gasteiger partial charge in [-0.15, -0.1) is 0 Å². The smallest absolute Gasteiger partial charge is 0.0608 e. The average Bonchev–Trinajstić information content (AvgIpc) is 2.90. The summed E-state index contributed by atoms with van der Waals surface area (Å²) in [6.07, 6.45) is 1.99. The molecule has 0 aliphatic heterocycles. The Morgan fingerprint density at radius 2 is 2.07 bits per heavy atom. The van der Waals surface area contributed by atoms with Gasteiger partial charge in [0, 0.05) is 9.89 Å². The third-order valence-electron chi connectivity index (χ3n) is 3.39. The standard InChI is InChI=1S/C12H15BrO/c1-8-10(4-3-5-11(8)13)12(6-7-12)9(2)14/h3-5,9,14H,6-7H2,1-2H3. The molecule has 0 heterocycles. The van der Waals surface area contributed by atoms with Crippen LogP contribution in [0.1, 0.15) is 30.9 Å². The van der Waals surface area contributed by atoms with Crippen molar-refractivity contribution >= 4 is 15.9 Å². The fourth-order valence-corrected chi connectivity index (χ4v) is 2.56. The van der Waals surface area contributed by atoms with E-state index in [1.165, 1.54) is 11.1 Å². The van der Waals surface area contributed by atoms with Crippen LogP contribution in [0.25, 0.3) is 0 Å². The lowest BCUT2D eigenvalue weighted by Gasteiger charge is -2.21. The summed E-state index contributed by atoms with van der Waals surface area (Å²) in [6.45, 7) is 4.01. The van der Waals surface area contributed by atoms with Gasteiger partial charge in [0.15, 0.2) is 0 Å². The van der Waals surface area contributed by atoms with Crippen molar-refractivity contribution in [2.45, 2.75) is 38.2 Å². The number of rotatable bonds is 2. The molecule has 0 aromatic heterocycles. The summed E-state index contributed by atoms with van der Waals surface area (Å²) in [5.41, 5.74) is 2.63. The molecule has 0 amide bonds. The first-order chi connectivity index (χ1) is 6.58. The molecular weight excluding hydrogens is 240 g/mol. The van der Waals surface area contributed by atoms with Crippen LogP contribution in [0.5, 0.6) is 0 Å². The molecular formula is C12H15BrO. The maximum absolute atomic E-state index is 9.80. The van der Waals surface area contributed by atoms with Crippen LogP contribution in [0.3, 0.4) is 0 Å². The minimum Gasteiger partial charge on any atom is -0.392 e. The van der Waals surface area contributed by atoms with Gasteiger partial charge in [-0.2, -0.15) is 0 Å². The molecule has 1 N–H and O–H groups in total. The minimum absolute atomic E-state index is 0.0495. The predicted molar refractivity (Wildman–Crippen MR) is 61.5 cm³/mol. The Labute approximate surface area is 93.3 Å². The quantitative estimate of drug-likeness (QED) is 0.860. The molecule has 1 atom stereocenters. The van der Waals surface area contributed by atoms with Crippen LogP contribution in [0.2, 0.25) is 0 Å². The Morgan fingerprint density at radius 1 is 1.43 bits per heavy atom. The Kier molecular flexibility index (Phi) is 2.44. The van der Waals surface area contributed by atoms with E-state index >= 15 is 0 Å². The van der Waals surface area contributed by atoms with Crippen molar-refractivity contribution in [2.75, 3.05) is 0 Å². The number of hydrogen-bond acceptors (Lipinski definition) is 1. The highest BCUT2D eigenvalue weighted by Gasteiger charge is 2.49. The zero-order chi connectivity index (χ0) is 10.3. The summed E-state index contributed by atoms with van der Waals surface area (Å²) < 4.78 is 1.14. The zero-order valence-electron chi connectivity index (χ0n) is 8.55. The predicted octanol–water partition coefficient (Wildman–Crippen LogP) is 3.17. The van der Waals surface area contributed by atoms with Crippen LogP contribution in [0.15, 0.2) is 22.7 Å². The maximum Gasteiger partial charge on any atom is 0.0608 e. The van der Waals surface area contributed by atoms with E-state index in [4.69, 9.17) is 0 Å². The zero-order valence-corrected chi connectivity index (χ0v) is 10.1. The van der Waals surface area contributed by atoms with E-state index in [2.05, 4.69) is 41.1 Å². The van der Waals surface area contributed by atoms with Crippen LogP contribution < -0.4 is 0 Å². The topological polar surface area (TPSA) is 20.2 Å².